The molecule has 1 unspecified atom stereocenters. The Morgan fingerprint density at radius 2 is 2.21 bits per heavy atom. The second-order valence-corrected chi connectivity index (χ2v) is 5.88. The fourth-order valence-corrected chi connectivity index (χ4v) is 2.99. The van der Waals surface area contributed by atoms with Crippen molar-refractivity contribution in [1.82, 2.24) is 0 Å². The number of benzene rings is 1. The van der Waals surface area contributed by atoms with Crippen LogP contribution in [0.1, 0.15) is 16.5 Å². The lowest BCUT2D eigenvalue weighted by molar-refractivity contribution is -0.118. The maximum absolute atomic E-state index is 11.3. The molecule has 6 heteroatoms. The summed E-state index contributed by atoms with van der Waals surface area (Å²) in [5.41, 5.74) is 1.26. The average molecular weight is 296 g/mol. The van der Waals surface area contributed by atoms with Crippen molar-refractivity contribution in [3.8, 4) is 5.75 Å². The topological polar surface area (TPSA) is 58.6 Å². The molecule has 4 nitrogen and oxygen atoms in total. The van der Waals surface area contributed by atoms with E-state index >= 15 is 0 Å². The molecule has 1 aliphatic heterocycles. The Balaban J connectivity index is 1.93. The summed E-state index contributed by atoms with van der Waals surface area (Å²) in [4.78, 5) is 12.0. The first-order valence-corrected chi connectivity index (χ1v) is 6.83. The van der Waals surface area contributed by atoms with Crippen LogP contribution in [0, 0.1) is 0 Å². The van der Waals surface area contributed by atoms with E-state index in [1.165, 1.54) is 11.3 Å². The van der Waals surface area contributed by atoms with E-state index in [0.717, 1.165) is 4.88 Å². The molecule has 0 bridgehead atoms. The molecule has 0 radical (unpaired) electrons. The number of carbonyl (C=O) groups excluding carboxylic acids is 1. The van der Waals surface area contributed by atoms with Gasteiger partial charge in [-0.15, -0.1) is 11.3 Å². The number of hydrogen-bond donors (Lipinski definition) is 2. The first-order chi connectivity index (χ1) is 9.13. The highest BCUT2D eigenvalue weighted by atomic mass is 35.5. The van der Waals surface area contributed by atoms with Gasteiger partial charge in [0.2, 0.25) is 0 Å². The second-order valence-electron chi connectivity index (χ2n) is 4.14. The van der Waals surface area contributed by atoms with Crippen LogP contribution in [0.3, 0.4) is 0 Å². The number of rotatable bonds is 2. The molecule has 2 aromatic rings. The molecule has 1 aromatic heterocycles. The Morgan fingerprint density at radius 3 is 2.95 bits per heavy atom. The summed E-state index contributed by atoms with van der Waals surface area (Å²) in [7, 11) is 0. The van der Waals surface area contributed by atoms with Gasteiger partial charge in [-0.3, -0.25) is 4.79 Å². The van der Waals surface area contributed by atoms with Crippen molar-refractivity contribution in [2.75, 3.05) is 11.9 Å². The summed E-state index contributed by atoms with van der Waals surface area (Å²) < 4.78 is 5.90. The van der Waals surface area contributed by atoms with Crippen molar-refractivity contribution in [2.45, 2.75) is 6.10 Å². The SMILES string of the molecule is O=C1COc2ccc(C(O)c3ccc(Cl)s3)cc2N1. The monoisotopic (exact) mass is 295 g/mol. The molecule has 0 saturated heterocycles. The quantitative estimate of drug-likeness (QED) is 0.896. The van der Waals surface area contributed by atoms with Crippen molar-refractivity contribution in [3.63, 3.8) is 0 Å². The molecule has 1 atom stereocenters. The van der Waals surface area contributed by atoms with E-state index < -0.39 is 6.10 Å². The van der Waals surface area contributed by atoms with Crippen LogP contribution in [0.15, 0.2) is 30.3 Å². The number of aliphatic hydroxyl groups is 1. The van der Waals surface area contributed by atoms with Crippen LogP contribution in [0.4, 0.5) is 5.69 Å². The third-order valence-electron chi connectivity index (χ3n) is 2.82. The van der Waals surface area contributed by atoms with Gasteiger partial charge in [0.1, 0.15) is 11.9 Å². The van der Waals surface area contributed by atoms with Crippen LogP contribution in [0.5, 0.6) is 5.75 Å². The minimum atomic E-state index is -0.762. The minimum Gasteiger partial charge on any atom is -0.482 e. The van der Waals surface area contributed by atoms with Crippen molar-refractivity contribution < 1.29 is 14.6 Å². The molecule has 1 aromatic carbocycles. The number of carbonyl (C=O) groups is 1. The molecule has 2 heterocycles. The molecule has 0 aliphatic carbocycles. The maximum atomic E-state index is 11.3. The zero-order valence-electron chi connectivity index (χ0n) is 9.72. The van der Waals surface area contributed by atoms with Gasteiger partial charge in [-0.25, -0.2) is 0 Å². The summed E-state index contributed by atoms with van der Waals surface area (Å²) in [6, 6.07) is 8.75. The van der Waals surface area contributed by atoms with Crippen LogP contribution < -0.4 is 10.1 Å². The molecule has 0 spiro atoms. The number of amides is 1. The Kier molecular flexibility index (Phi) is 3.18. The molecular weight excluding hydrogens is 286 g/mol. The fourth-order valence-electron chi connectivity index (χ4n) is 1.91. The molecule has 1 amide bonds. The molecule has 2 N–H and O–H groups in total. The van der Waals surface area contributed by atoms with E-state index in [1.54, 1.807) is 30.3 Å². The van der Waals surface area contributed by atoms with E-state index in [2.05, 4.69) is 5.32 Å². The first-order valence-electron chi connectivity index (χ1n) is 5.63. The summed E-state index contributed by atoms with van der Waals surface area (Å²) in [5, 5.41) is 13.0. The summed E-state index contributed by atoms with van der Waals surface area (Å²) in [5.74, 6) is 0.415. The molecule has 19 heavy (non-hydrogen) atoms. The lowest BCUT2D eigenvalue weighted by atomic mass is 10.1. The number of hydrogen-bond acceptors (Lipinski definition) is 4. The van der Waals surface area contributed by atoms with Gasteiger partial charge in [0.25, 0.3) is 5.91 Å². The molecule has 3 rings (SSSR count). The third-order valence-corrected chi connectivity index (χ3v) is 4.10. The van der Waals surface area contributed by atoms with E-state index in [0.29, 0.717) is 21.3 Å². The number of fused-ring (bicyclic) bond motifs is 1. The van der Waals surface area contributed by atoms with Crippen LogP contribution in [-0.4, -0.2) is 17.6 Å². The fraction of sp³-hybridized carbons (Fsp3) is 0.154. The summed E-state index contributed by atoms with van der Waals surface area (Å²) >= 11 is 7.18. The van der Waals surface area contributed by atoms with Crippen LogP contribution >= 0.6 is 22.9 Å². The van der Waals surface area contributed by atoms with E-state index in [9.17, 15) is 9.90 Å². The van der Waals surface area contributed by atoms with Gasteiger partial charge in [0.05, 0.1) is 10.0 Å². The van der Waals surface area contributed by atoms with E-state index in [-0.39, 0.29) is 12.5 Å². The number of halogens is 1. The minimum absolute atomic E-state index is 0.0232. The van der Waals surface area contributed by atoms with Gasteiger partial charge in [-0.1, -0.05) is 17.7 Å². The second kappa shape index (κ2) is 4.85. The molecular formula is C13H10ClNO3S. The van der Waals surface area contributed by atoms with Gasteiger partial charge in [0.15, 0.2) is 6.61 Å². The highest BCUT2D eigenvalue weighted by Crippen LogP contribution is 2.35. The number of thiophene rings is 1. The lowest BCUT2D eigenvalue weighted by Gasteiger charge is -2.19. The van der Waals surface area contributed by atoms with Crippen LogP contribution in [0.25, 0.3) is 0 Å². The third kappa shape index (κ3) is 2.45. The van der Waals surface area contributed by atoms with Crippen molar-refractivity contribution in [3.05, 3.63) is 45.1 Å². The largest absolute Gasteiger partial charge is 0.482 e. The standard InChI is InChI=1S/C13H10ClNO3S/c14-11-4-3-10(19-11)13(17)7-1-2-9-8(5-7)15-12(16)6-18-9/h1-5,13,17H,6H2,(H,15,16). The van der Waals surface area contributed by atoms with Gasteiger partial charge in [-0.05, 0) is 29.8 Å². The number of nitrogens with one attached hydrogen (secondary N) is 1. The van der Waals surface area contributed by atoms with Crippen LogP contribution in [0.2, 0.25) is 4.34 Å². The highest BCUT2D eigenvalue weighted by Gasteiger charge is 2.19. The van der Waals surface area contributed by atoms with Crippen molar-refractivity contribution >= 4 is 34.5 Å². The Hall–Kier alpha value is -1.56. The van der Waals surface area contributed by atoms with E-state index in [4.69, 9.17) is 16.3 Å². The van der Waals surface area contributed by atoms with Gasteiger partial charge < -0.3 is 15.2 Å². The lowest BCUT2D eigenvalue weighted by Crippen LogP contribution is -2.25. The molecule has 0 saturated carbocycles. The normalized spacial score (nSPS) is 15.4. The Bertz CT molecular complexity index is 641. The van der Waals surface area contributed by atoms with Gasteiger partial charge in [0, 0.05) is 4.88 Å². The van der Waals surface area contributed by atoms with Crippen molar-refractivity contribution in [2.24, 2.45) is 0 Å². The zero-order valence-corrected chi connectivity index (χ0v) is 11.3. The summed E-state index contributed by atoms with van der Waals surface area (Å²) in [6.07, 6.45) is -0.762. The zero-order chi connectivity index (χ0) is 13.4. The Labute approximate surface area is 118 Å². The predicted molar refractivity (Wildman–Crippen MR) is 74.0 cm³/mol. The molecule has 98 valence electrons. The first kappa shape index (κ1) is 12.5. The van der Waals surface area contributed by atoms with E-state index in [1.807, 2.05) is 0 Å². The smallest absolute Gasteiger partial charge is 0.262 e. The van der Waals surface area contributed by atoms with Gasteiger partial charge >= 0.3 is 0 Å². The highest BCUT2D eigenvalue weighted by molar-refractivity contribution is 7.16. The molecule has 1 aliphatic rings. The Morgan fingerprint density at radius 1 is 1.37 bits per heavy atom. The predicted octanol–water partition coefficient (Wildman–Crippen LogP) is 2.81. The maximum Gasteiger partial charge on any atom is 0.262 e. The molecule has 0 fully saturated rings. The van der Waals surface area contributed by atoms with Crippen LogP contribution in [-0.2, 0) is 4.79 Å². The number of anilines is 1. The average Bonchev–Trinajstić information content (AvgIpc) is 2.83. The van der Waals surface area contributed by atoms with Crippen molar-refractivity contribution in [1.29, 1.82) is 0 Å². The summed E-state index contributed by atoms with van der Waals surface area (Å²) in [6.45, 7) is 0.0232. The number of aliphatic hydroxyl groups excluding tert-OH is 1. The number of ether oxygens (including phenoxy) is 1. The van der Waals surface area contributed by atoms with Gasteiger partial charge in [-0.2, -0.15) is 0 Å².